The van der Waals surface area contributed by atoms with Crippen LogP contribution in [-0.4, -0.2) is 13.7 Å². The Morgan fingerprint density at radius 3 is 2.86 bits per heavy atom. The molecule has 0 saturated heterocycles. The van der Waals surface area contributed by atoms with Crippen LogP contribution in [0.15, 0.2) is 29.8 Å². The average Bonchev–Trinajstić information content (AvgIpc) is 2.18. The average molecular weight is 212 g/mol. The topological polar surface area (TPSA) is 21.3 Å². The molecule has 1 N–H and O–H groups in total. The third kappa shape index (κ3) is 2.96. The predicted molar refractivity (Wildman–Crippen MR) is 61.2 cm³/mol. The molecule has 76 valence electrons. The molecule has 0 amide bonds. The molecule has 3 heteroatoms. The first kappa shape index (κ1) is 10.9. The number of nitrogens with one attached hydrogen (secondary N) is 1. The molecule has 2 nitrogen and oxygen atoms in total. The van der Waals surface area contributed by atoms with Crippen molar-refractivity contribution in [3.63, 3.8) is 0 Å². The van der Waals surface area contributed by atoms with Crippen LogP contribution in [0.2, 0.25) is 0 Å². The van der Waals surface area contributed by atoms with Gasteiger partial charge in [0.1, 0.15) is 5.75 Å². The SMILES string of the molecule is COc1ccc(NC/C=C/Cl)cc1C. The summed E-state index contributed by atoms with van der Waals surface area (Å²) >= 11 is 5.41. The number of aryl methyl sites for hydroxylation is 1. The van der Waals surface area contributed by atoms with Crippen molar-refractivity contribution in [2.75, 3.05) is 19.0 Å². The minimum absolute atomic E-state index is 0.731. The third-order valence-corrected chi connectivity index (χ3v) is 2.09. The summed E-state index contributed by atoms with van der Waals surface area (Å²) in [6.07, 6.45) is 1.85. The van der Waals surface area contributed by atoms with E-state index in [0.29, 0.717) is 0 Å². The van der Waals surface area contributed by atoms with E-state index < -0.39 is 0 Å². The molecule has 0 fully saturated rings. The van der Waals surface area contributed by atoms with E-state index in [-0.39, 0.29) is 0 Å². The van der Waals surface area contributed by atoms with Crippen molar-refractivity contribution in [3.8, 4) is 5.75 Å². The third-order valence-electron chi connectivity index (χ3n) is 1.91. The van der Waals surface area contributed by atoms with Crippen molar-refractivity contribution < 1.29 is 4.74 Å². The van der Waals surface area contributed by atoms with Crippen molar-refractivity contribution in [3.05, 3.63) is 35.4 Å². The Balaban J connectivity index is 2.66. The summed E-state index contributed by atoms with van der Waals surface area (Å²) in [6.45, 7) is 2.75. The van der Waals surface area contributed by atoms with E-state index in [0.717, 1.165) is 23.5 Å². The van der Waals surface area contributed by atoms with Crippen LogP contribution >= 0.6 is 11.6 Å². The number of benzene rings is 1. The van der Waals surface area contributed by atoms with Crippen molar-refractivity contribution in [2.24, 2.45) is 0 Å². The standard InChI is InChI=1S/C11H14ClNO/c1-9-8-10(13-7-3-6-12)4-5-11(9)14-2/h3-6,8,13H,7H2,1-2H3/b6-3+. The van der Waals surface area contributed by atoms with Gasteiger partial charge in [0.15, 0.2) is 0 Å². The van der Waals surface area contributed by atoms with Gasteiger partial charge in [-0.1, -0.05) is 17.7 Å². The van der Waals surface area contributed by atoms with Gasteiger partial charge in [0.25, 0.3) is 0 Å². The van der Waals surface area contributed by atoms with E-state index in [1.54, 1.807) is 7.11 Å². The molecule has 0 saturated carbocycles. The highest BCUT2D eigenvalue weighted by molar-refractivity contribution is 6.25. The smallest absolute Gasteiger partial charge is 0.121 e. The minimum atomic E-state index is 0.731. The summed E-state index contributed by atoms with van der Waals surface area (Å²) in [7, 11) is 1.67. The van der Waals surface area contributed by atoms with E-state index in [1.807, 2.05) is 31.2 Å². The second kappa shape index (κ2) is 5.55. The number of hydrogen-bond acceptors (Lipinski definition) is 2. The highest BCUT2D eigenvalue weighted by Gasteiger charge is 1.97. The maximum Gasteiger partial charge on any atom is 0.121 e. The highest BCUT2D eigenvalue weighted by Crippen LogP contribution is 2.21. The molecule has 0 aliphatic carbocycles. The zero-order valence-electron chi connectivity index (χ0n) is 8.38. The van der Waals surface area contributed by atoms with Crippen molar-refractivity contribution >= 4 is 17.3 Å². The maximum atomic E-state index is 5.41. The molecule has 0 radical (unpaired) electrons. The van der Waals surface area contributed by atoms with E-state index in [9.17, 15) is 0 Å². The Hall–Kier alpha value is -1.15. The molecule has 0 atom stereocenters. The van der Waals surface area contributed by atoms with Gasteiger partial charge in [0.05, 0.1) is 7.11 Å². The van der Waals surface area contributed by atoms with Gasteiger partial charge < -0.3 is 10.1 Å². The first-order chi connectivity index (χ1) is 6.77. The van der Waals surface area contributed by atoms with Crippen LogP contribution < -0.4 is 10.1 Å². The van der Waals surface area contributed by atoms with Gasteiger partial charge in [-0.15, -0.1) is 0 Å². The van der Waals surface area contributed by atoms with Crippen LogP contribution in [0.4, 0.5) is 5.69 Å². The van der Waals surface area contributed by atoms with Crippen LogP contribution in [0.1, 0.15) is 5.56 Å². The Kier molecular flexibility index (Phi) is 4.33. The first-order valence-corrected chi connectivity index (χ1v) is 4.85. The Morgan fingerprint density at radius 2 is 2.29 bits per heavy atom. The largest absolute Gasteiger partial charge is 0.496 e. The van der Waals surface area contributed by atoms with Gasteiger partial charge >= 0.3 is 0 Å². The maximum absolute atomic E-state index is 5.41. The zero-order valence-corrected chi connectivity index (χ0v) is 9.14. The summed E-state index contributed by atoms with van der Waals surface area (Å²) in [5, 5.41) is 3.21. The fourth-order valence-corrected chi connectivity index (χ4v) is 1.30. The number of halogens is 1. The van der Waals surface area contributed by atoms with E-state index in [1.165, 1.54) is 5.54 Å². The Labute approximate surface area is 89.5 Å². The fraction of sp³-hybridized carbons (Fsp3) is 0.273. The number of anilines is 1. The zero-order chi connectivity index (χ0) is 10.4. The molecule has 0 aromatic heterocycles. The number of ether oxygens (including phenoxy) is 1. The molecule has 14 heavy (non-hydrogen) atoms. The predicted octanol–water partition coefficient (Wildman–Crippen LogP) is 3.17. The van der Waals surface area contributed by atoms with Crippen LogP contribution in [0.5, 0.6) is 5.75 Å². The lowest BCUT2D eigenvalue weighted by atomic mass is 10.2. The second-order valence-corrected chi connectivity index (χ2v) is 3.18. The number of methoxy groups -OCH3 is 1. The summed E-state index contributed by atoms with van der Waals surface area (Å²) in [5.41, 5.74) is 3.69. The lowest BCUT2D eigenvalue weighted by molar-refractivity contribution is 0.412. The summed E-state index contributed by atoms with van der Waals surface area (Å²) in [6, 6.07) is 5.97. The molecule has 0 unspecified atom stereocenters. The van der Waals surface area contributed by atoms with E-state index in [4.69, 9.17) is 16.3 Å². The van der Waals surface area contributed by atoms with E-state index >= 15 is 0 Å². The van der Waals surface area contributed by atoms with Crippen LogP contribution in [-0.2, 0) is 0 Å². The van der Waals surface area contributed by atoms with Gasteiger partial charge in [-0.25, -0.2) is 0 Å². The molecular weight excluding hydrogens is 198 g/mol. The summed E-state index contributed by atoms with van der Waals surface area (Å²) in [4.78, 5) is 0. The summed E-state index contributed by atoms with van der Waals surface area (Å²) < 4.78 is 5.16. The monoisotopic (exact) mass is 211 g/mol. The number of rotatable bonds is 4. The van der Waals surface area contributed by atoms with Crippen molar-refractivity contribution in [1.82, 2.24) is 0 Å². The lowest BCUT2D eigenvalue weighted by Gasteiger charge is -2.08. The van der Waals surface area contributed by atoms with Crippen LogP contribution in [0, 0.1) is 6.92 Å². The second-order valence-electron chi connectivity index (χ2n) is 2.93. The van der Waals surface area contributed by atoms with Crippen molar-refractivity contribution in [1.29, 1.82) is 0 Å². The molecule has 0 aliphatic rings. The number of hydrogen-bond donors (Lipinski definition) is 1. The molecule has 0 spiro atoms. The molecule has 1 aromatic rings. The lowest BCUT2D eigenvalue weighted by Crippen LogP contribution is -1.98. The molecule has 0 aliphatic heterocycles. The Bertz CT molecular complexity index is 323. The van der Waals surface area contributed by atoms with Crippen molar-refractivity contribution in [2.45, 2.75) is 6.92 Å². The van der Waals surface area contributed by atoms with Crippen LogP contribution in [0.3, 0.4) is 0 Å². The fourth-order valence-electron chi connectivity index (χ4n) is 1.21. The van der Waals surface area contributed by atoms with E-state index in [2.05, 4.69) is 5.32 Å². The molecule has 0 bridgehead atoms. The molecule has 0 heterocycles. The quantitative estimate of drug-likeness (QED) is 0.826. The first-order valence-electron chi connectivity index (χ1n) is 4.41. The van der Waals surface area contributed by atoms with Gasteiger partial charge in [-0.2, -0.15) is 0 Å². The molecular formula is C11H14ClNO. The van der Waals surface area contributed by atoms with Gasteiger partial charge in [0.2, 0.25) is 0 Å². The van der Waals surface area contributed by atoms with Gasteiger partial charge in [-0.3, -0.25) is 0 Å². The summed E-state index contributed by atoms with van der Waals surface area (Å²) in [5.74, 6) is 0.906. The molecule has 1 aromatic carbocycles. The van der Waals surface area contributed by atoms with Gasteiger partial charge in [0, 0.05) is 17.8 Å². The highest BCUT2D eigenvalue weighted by atomic mass is 35.5. The Morgan fingerprint density at radius 1 is 1.50 bits per heavy atom. The normalized spacial score (nSPS) is 10.5. The van der Waals surface area contributed by atoms with Gasteiger partial charge in [-0.05, 0) is 30.7 Å². The van der Waals surface area contributed by atoms with Crippen LogP contribution in [0.25, 0.3) is 0 Å². The molecule has 1 rings (SSSR count). The minimum Gasteiger partial charge on any atom is -0.496 e.